The quantitative estimate of drug-likeness (QED) is 0.736. The number of H-pyrrole nitrogens is 1. The minimum absolute atomic E-state index is 0.250. The van der Waals surface area contributed by atoms with Crippen molar-refractivity contribution in [2.75, 3.05) is 12.0 Å². The maximum absolute atomic E-state index is 12.1. The van der Waals surface area contributed by atoms with Gasteiger partial charge in [-0.3, -0.25) is 9.78 Å². The zero-order valence-electron chi connectivity index (χ0n) is 13.4. The molecule has 0 unspecified atom stereocenters. The third kappa shape index (κ3) is 4.11. The Hall–Kier alpha value is -1.87. The monoisotopic (exact) mass is 339 g/mol. The summed E-state index contributed by atoms with van der Waals surface area (Å²) in [6, 6.07) is 0. The number of nitrogens with zero attached hydrogens (tertiary/aromatic N) is 4. The van der Waals surface area contributed by atoms with E-state index in [4.69, 9.17) is 0 Å². The molecule has 9 heteroatoms. The molecule has 0 spiro atoms. The highest BCUT2D eigenvalue weighted by atomic mass is 32.2. The molecule has 0 radical (unpaired) electrons. The Balaban J connectivity index is 2.50. The standard InChI is InChI=1S/C14H21N5O3S/c1-4-9(20)7-19-12(15-11(17-19)5-6-23-3)10-8-18(2)14(22)16-13(10)21/h8-9,20H,4-7H2,1-3H3,(H,16,21,22)/t9-/m0/s1. The number of hydrogen-bond donors (Lipinski definition) is 2. The number of aliphatic hydroxyl groups excluding tert-OH is 1. The van der Waals surface area contributed by atoms with Crippen molar-refractivity contribution >= 4 is 11.8 Å². The zero-order valence-corrected chi connectivity index (χ0v) is 14.3. The molecule has 126 valence electrons. The van der Waals surface area contributed by atoms with E-state index >= 15 is 0 Å². The van der Waals surface area contributed by atoms with Crippen LogP contribution < -0.4 is 11.2 Å². The maximum Gasteiger partial charge on any atom is 0.328 e. The van der Waals surface area contributed by atoms with E-state index in [9.17, 15) is 14.7 Å². The van der Waals surface area contributed by atoms with Crippen molar-refractivity contribution in [3.05, 3.63) is 32.9 Å². The molecule has 23 heavy (non-hydrogen) atoms. The Morgan fingerprint density at radius 1 is 1.43 bits per heavy atom. The van der Waals surface area contributed by atoms with E-state index in [1.165, 1.54) is 10.8 Å². The molecule has 0 aliphatic heterocycles. The van der Waals surface area contributed by atoms with E-state index in [2.05, 4.69) is 15.1 Å². The molecule has 0 bridgehead atoms. The molecule has 0 fully saturated rings. The van der Waals surface area contributed by atoms with Gasteiger partial charge in [-0.1, -0.05) is 6.92 Å². The summed E-state index contributed by atoms with van der Waals surface area (Å²) in [5.74, 6) is 1.85. The van der Waals surface area contributed by atoms with Crippen molar-refractivity contribution < 1.29 is 5.11 Å². The lowest BCUT2D eigenvalue weighted by Crippen LogP contribution is -2.29. The molecular weight excluding hydrogens is 318 g/mol. The summed E-state index contributed by atoms with van der Waals surface area (Å²) >= 11 is 1.68. The van der Waals surface area contributed by atoms with Crippen LogP contribution in [0, 0.1) is 0 Å². The smallest absolute Gasteiger partial charge is 0.328 e. The van der Waals surface area contributed by atoms with Crippen molar-refractivity contribution in [1.29, 1.82) is 0 Å². The highest BCUT2D eigenvalue weighted by Crippen LogP contribution is 2.14. The van der Waals surface area contributed by atoms with Gasteiger partial charge >= 0.3 is 5.69 Å². The van der Waals surface area contributed by atoms with E-state index in [0.717, 1.165) is 5.75 Å². The number of aromatic nitrogens is 5. The summed E-state index contributed by atoms with van der Waals surface area (Å²) in [7, 11) is 1.55. The first-order valence-electron chi connectivity index (χ1n) is 7.37. The van der Waals surface area contributed by atoms with Gasteiger partial charge in [-0.2, -0.15) is 16.9 Å². The number of rotatable bonds is 7. The Labute approximate surface area is 137 Å². The van der Waals surface area contributed by atoms with E-state index in [1.807, 2.05) is 13.2 Å². The van der Waals surface area contributed by atoms with E-state index in [-0.39, 0.29) is 12.1 Å². The Morgan fingerprint density at radius 3 is 2.83 bits per heavy atom. The van der Waals surface area contributed by atoms with Crippen LogP contribution in [-0.2, 0) is 20.0 Å². The fourth-order valence-corrected chi connectivity index (χ4v) is 2.45. The summed E-state index contributed by atoms with van der Waals surface area (Å²) in [6.45, 7) is 2.12. The van der Waals surface area contributed by atoms with Crippen LogP contribution >= 0.6 is 11.8 Å². The van der Waals surface area contributed by atoms with Crippen LogP contribution in [-0.4, -0.2) is 47.5 Å². The van der Waals surface area contributed by atoms with E-state index in [1.54, 1.807) is 23.5 Å². The fourth-order valence-electron chi connectivity index (χ4n) is 2.07. The Kier molecular flexibility index (Phi) is 5.78. The van der Waals surface area contributed by atoms with Crippen LogP contribution in [0.4, 0.5) is 0 Å². The number of hydrogen-bond acceptors (Lipinski definition) is 6. The van der Waals surface area contributed by atoms with Crippen LogP contribution in [0.3, 0.4) is 0 Å². The van der Waals surface area contributed by atoms with Crippen LogP contribution in [0.15, 0.2) is 15.8 Å². The zero-order chi connectivity index (χ0) is 17.0. The highest BCUT2D eigenvalue weighted by Gasteiger charge is 2.17. The van der Waals surface area contributed by atoms with Gasteiger partial charge < -0.3 is 9.67 Å². The Bertz CT molecular complexity index is 779. The number of aromatic amines is 1. The number of aryl methyl sites for hydroxylation is 2. The van der Waals surface area contributed by atoms with E-state index < -0.39 is 17.4 Å². The van der Waals surface area contributed by atoms with Crippen molar-refractivity contribution in [2.45, 2.75) is 32.4 Å². The molecule has 0 aliphatic carbocycles. The largest absolute Gasteiger partial charge is 0.391 e. The third-order valence-corrected chi connectivity index (χ3v) is 4.06. The Morgan fingerprint density at radius 2 is 2.17 bits per heavy atom. The van der Waals surface area contributed by atoms with Crippen LogP contribution in [0.1, 0.15) is 19.2 Å². The molecule has 8 nitrogen and oxygen atoms in total. The average molecular weight is 339 g/mol. The lowest BCUT2D eigenvalue weighted by Gasteiger charge is -2.10. The van der Waals surface area contributed by atoms with Gasteiger partial charge in [0.15, 0.2) is 11.6 Å². The molecule has 0 aliphatic rings. The summed E-state index contributed by atoms with van der Waals surface area (Å²) in [6.07, 6.45) is 4.11. The van der Waals surface area contributed by atoms with Crippen molar-refractivity contribution in [1.82, 2.24) is 24.3 Å². The van der Waals surface area contributed by atoms with Gasteiger partial charge in [0.05, 0.1) is 12.6 Å². The normalized spacial score (nSPS) is 12.5. The summed E-state index contributed by atoms with van der Waals surface area (Å²) in [4.78, 5) is 30.3. The molecule has 1 atom stereocenters. The van der Waals surface area contributed by atoms with Crippen LogP contribution in [0.2, 0.25) is 0 Å². The molecule has 2 aromatic heterocycles. The molecule has 0 aromatic carbocycles. The number of nitrogens with one attached hydrogen (secondary N) is 1. The predicted molar refractivity (Wildman–Crippen MR) is 89.7 cm³/mol. The lowest BCUT2D eigenvalue weighted by atomic mass is 10.2. The second kappa shape index (κ2) is 7.60. The van der Waals surface area contributed by atoms with Crippen molar-refractivity contribution in [2.24, 2.45) is 7.05 Å². The van der Waals surface area contributed by atoms with Crippen molar-refractivity contribution in [3.8, 4) is 11.4 Å². The summed E-state index contributed by atoms with van der Waals surface area (Å²) in [5.41, 5.74) is -0.733. The minimum atomic E-state index is -0.574. The topological polar surface area (TPSA) is 106 Å². The highest BCUT2D eigenvalue weighted by molar-refractivity contribution is 7.98. The predicted octanol–water partition coefficient (Wildman–Crippen LogP) is 0.00850. The van der Waals surface area contributed by atoms with Gasteiger partial charge in [0.2, 0.25) is 0 Å². The lowest BCUT2D eigenvalue weighted by molar-refractivity contribution is 0.145. The molecule has 0 amide bonds. The third-order valence-electron chi connectivity index (χ3n) is 3.45. The van der Waals surface area contributed by atoms with Crippen molar-refractivity contribution in [3.63, 3.8) is 0 Å². The SMILES string of the molecule is CC[C@H](O)Cn1nc(CCSC)nc1-c1cn(C)c(=O)[nH]c1=O. The second-order valence-electron chi connectivity index (χ2n) is 5.25. The van der Waals surface area contributed by atoms with Gasteiger partial charge in [0, 0.05) is 25.4 Å². The van der Waals surface area contributed by atoms with Gasteiger partial charge in [-0.25, -0.2) is 14.5 Å². The maximum atomic E-state index is 12.1. The van der Waals surface area contributed by atoms with Crippen LogP contribution in [0.25, 0.3) is 11.4 Å². The minimum Gasteiger partial charge on any atom is -0.391 e. The molecular formula is C14H21N5O3S. The van der Waals surface area contributed by atoms with Gasteiger partial charge in [0.1, 0.15) is 5.56 Å². The van der Waals surface area contributed by atoms with Gasteiger partial charge in [0.25, 0.3) is 5.56 Å². The number of aliphatic hydroxyl groups is 1. The molecule has 2 aromatic rings. The molecule has 0 saturated carbocycles. The first kappa shape index (κ1) is 17.5. The first-order valence-corrected chi connectivity index (χ1v) is 8.76. The molecule has 2 rings (SSSR count). The fraction of sp³-hybridized carbons (Fsp3) is 0.571. The van der Waals surface area contributed by atoms with Gasteiger partial charge in [-0.15, -0.1) is 0 Å². The average Bonchev–Trinajstić information content (AvgIpc) is 2.91. The van der Waals surface area contributed by atoms with E-state index in [0.29, 0.717) is 24.5 Å². The first-order chi connectivity index (χ1) is 11.0. The molecule has 2 N–H and O–H groups in total. The molecule has 2 heterocycles. The molecule has 0 saturated heterocycles. The summed E-state index contributed by atoms with van der Waals surface area (Å²) < 4.78 is 2.83. The van der Waals surface area contributed by atoms with Gasteiger partial charge in [-0.05, 0) is 12.7 Å². The summed E-state index contributed by atoms with van der Waals surface area (Å²) in [5, 5.41) is 14.3. The second-order valence-corrected chi connectivity index (χ2v) is 6.24. The van der Waals surface area contributed by atoms with Crippen LogP contribution in [0.5, 0.6) is 0 Å². The number of thioether (sulfide) groups is 1.